The molecule has 0 bridgehead atoms. The first-order valence-corrected chi connectivity index (χ1v) is 7.93. The highest BCUT2D eigenvalue weighted by Gasteiger charge is 2.13. The number of amides is 1. The van der Waals surface area contributed by atoms with Gasteiger partial charge in [0.25, 0.3) is 0 Å². The zero-order valence-electron chi connectivity index (χ0n) is 12.6. The minimum Gasteiger partial charge on any atom is -0.492 e. The van der Waals surface area contributed by atoms with Crippen LogP contribution < -0.4 is 19.5 Å². The first-order chi connectivity index (χ1) is 11.2. The summed E-state index contributed by atoms with van der Waals surface area (Å²) in [6.07, 6.45) is 4.98. The summed E-state index contributed by atoms with van der Waals surface area (Å²) in [5.74, 6) is 1.91. The van der Waals surface area contributed by atoms with E-state index in [1.54, 1.807) is 41.8 Å². The number of carbonyl (C=O) groups excluding carboxylic acids is 1. The van der Waals surface area contributed by atoms with Crippen molar-refractivity contribution in [1.82, 2.24) is 10.3 Å². The van der Waals surface area contributed by atoms with E-state index in [1.165, 1.54) is 6.08 Å². The van der Waals surface area contributed by atoms with Crippen LogP contribution in [0.3, 0.4) is 0 Å². The lowest BCUT2D eigenvalue weighted by molar-refractivity contribution is -0.116. The Balaban J connectivity index is 1.39. The van der Waals surface area contributed by atoms with Crippen molar-refractivity contribution >= 4 is 23.3 Å². The fraction of sp³-hybridized carbons (Fsp3) is 0.250. The monoisotopic (exact) mass is 332 g/mol. The average molecular weight is 332 g/mol. The standard InChI is InChI=1S/C16H16N2O4S/c1-11-18-9-13(23-11)3-5-16(19)17-6-7-20-12-2-4-14-15(8-12)22-10-21-14/h2-5,8-9H,6-7,10H2,1H3,(H,17,19). The van der Waals surface area contributed by atoms with Gasteiger partial charge >= 0.3 is 0 Å². The molecule has 7 heteroatoms. The van der Waals surface area contributed by atoms with Crippen molar-refractivity contribution in [2.75, 3.05) is 19.9 Å². The molecule has 0 atom stereocenters. The number of benzene rings is 1. The summed E-state index contributed by atoms with van der Waals surface area (Å²) in [7, 11) is 0. The van der Waals surface area contributed by atoms with Gasteiger partial charge in [-0.15, -0.1) is 11.3 Å². The summed E-state index contributed by atoms with van der Waals surface area (Å²) in [5.41, 5.74) is 0. The summed E-state index contributed by atoms with van der Waals surface area (Å²) in [4.78, 5) is 16.8. The highest BCUT2D eigenvalue weighted by atomic mass is 32.1. The highest BCUT2D eigenvalue weighted by Crippen LogP contribution is 2.34. The van der Waals surface area contributed by atoms with Gasteiger partial charge in [0, 0.05) is 23.2 Å². The van der Waals surface area contributed by atoms with E-state index in [9.17, 15) is 4.79 Å². The second kappa shape index (κ2) is 7.15. The largest absolute Gasteiger partial charge is 0.492 e. The van der Waals surface area contributed by atoms with E-state index in [1.807, 2.05) is 6.92 Å². The number of ether oxygens (including phenoxy) is 3. The van der Waals surface area contributed by atoms with Crippen LogP contribution >= 0.6 is 11.3 Å². The van der Waals surface area contributed by atoms with Gasteiger partial charge in [-0.3, -0.25) is 4.79 Å². The number of nitrogens with zero attached hydrogens (tertiary/aromatic N) is 1. The van der Waals surface area contributed by atoms with Crippen molar-refractivity contribution in [3.05, 3.63) is 40.4 Å². The molecule has 2 heterocycles. The maximum atomic E-state index is 11.7. The molecule has 1 aromatic carbocycles. The predicted octanol–water partition coefficient (Wildman–Crippen LogP) is 2.39. The van der Waals surface area contributed by atoms with E-state index in [0.29, 0.717) is 30.4 Å². The Kier molecular flexibility index (Phi) is 4.77. The molecule has 0 saturated carbocycles. The van der Waals surface area contributed by atoms with Gasteiger partial charge in [-0.1, -0.05) is 0 Å². The molecule has 6 nitrogen and oxygen atoms in total. The normalized spacial score (nSPS) is 12.6. The van der Waals surface area contributed by atoms with Crippen LogP contribution in [0, 0.1) is 6.92 Å². The van der Waals surface area contributed by atoms with E-state index in [4.69, 9.17) is 14.2 Å². The summed E-state index contributed by atoms with van der Waals surface area (Å²) < 4.78 is 16.1. The smallest absolute Gasteiger partial charge is 0.244 e. The summed E-state index contributed by atoms with van der Waals surface area (Å²) >= 11 is 1.54. The summed E-state index contributed by atoms with van der Waals surface area (Å²) in [5, 5.41) is 3.73. The number of aromatic nitrogens is 1. The minimum absolute atomic E-state index is 0.162. The molecule has 3 rings (SSSR count). The van der Waals surface area contributed by atoms with Crippen molar-refractivity contribution in [3.63, 3.8) is 0 Å². The Morgan fingerprint density at radius 1 is 1.43 bits per heavy atom. The molecule has 2 aromatic rings. The third kappa shape index (κ3) is 4.23. The number of thiazole rings is 1. The van der Waals surface area contributed by atoms with Crippen LogP contribution in [-0.4, -0.2) is 30.8 Å². The molecular formula is C16H16N2O4S. The predicted molar refractivity (Wildman–Crippen MR) is 87.0 cm³/mol. The molecule has 1 aliphatic heterocycles. The Labute approximate surface area is 137 Å². The first-order valence-electron chi connectivity index (χ1n) is 7.11. The number of hydrogen-bond acceptors (Lipinski definition) is 6. The zero-order valence-corrected chi connectivity index (χ0v) is 13.4. The van der Waals surface area contributed by atoms with Crippen molar-refractivity contribution in [2.45, 2.75) is 6.92 Å². The van der Waals surface area contributed by atoms with Crippen LogP contribution in [0.4, 0.5) is 0 Å². The van der Waals surface area contributed by atoms with Gasteiger partial charge in [-0.25, -0.2) is 4.98 Å². The van der Waals surface area contributed by atoms with Crippen LogP contribution in [0.5, 0.6) is 17.2 Å². The molecule has 0 fully saturated rings. The Morgan fingerprint density at radius 2 is 2.30 bits per heavy atom. The van der Waals surface area contributed by atoms with E-state index < -0.39 is 0 Å². The molecule has 0 radical (unpaired) electrons. The van der Waals surface area contributed by atoms with E-state index in [0.717, 1.165) is 9.88 Å². The van der Waals surface area contributed by atoms with Crippen molar-refractivity contribution in [2.24, 2.45) is 0 Å². The van der Waals surface area contributed by atoms with Gasteiger partial charge in [0.05, 0.1) is 11.6 Å². The van der Waals surface area contributed by atoms with Crippen LogP contribution in [0.25, 0.3) is 6.08 Å². The lowest BCUT2D eigenvalue weighted by Gasteiger charge is -2.07. The van der Waals surface area contributed by atoms with Gasteiger partial charge in [0.15, 0.2) is 11.5 Å². The third-order valence-electron chi connectivity index (χ3n) is 3.05. The highest BCUT2D eigenvalue weighted by molar-refractivity contribution is 7.12. The zero-order chi connectivity index (χ0) is 16.1. The first kappa shape index (κ1) is 15.4. The number of rotatable bonds is 6. The van der Waals surface area contributed by atoms with Gasteiger partial charge in [0.1, 0.15) is 12.4 Å². The molecule has 1 aromatic heterocycles. The second-order valence-electron chi connectivity index (χ2n) is 4.77. The molecule has 1 N–H and O–H groups in total. The fourth-order valence-electron chi connectivity index (χ4n) is 1.98. The second-order valence-corrected chi connectivity index (χ2v) is 6.04. The molecule has 0 unspecified atom stereocenters. The van der Waals surface area contributed by atoms with Crippen molar-refractivity contribution in [1.29, 1.82) is 0 Å². The van der Waals surface area contributed by atoms with Crippen LogP contribution in [0.15, 0.2) is 30.5 Å². The maximum Gasteiger partial charge on any atom is 0.244 e. The SMILES string of the molecule is Cc1ncc(C=CC(=O)NCCOc2ccc3c(c2)OCO3)s1. The van der Waals surface area contributed by atoms with Crippen LogP contribution in [0.1, 0.15) is 9.88 Å². The molecule has 1 aliphatic rings. The van der Waals surface area contributed by atoms with E-state index in [-0.39, 0.29) is 12.7 Å². The summed E-state index contributed by atoms with van der Waals surface area (Å²) in [6, 6.07) is 5.38. The Bertz CT molecular complexity index is 727. The number of fused-ring (bicyclic) bond motifs is 1. The number of aryl methyl sites for hydroxylation is 1. The Hall–Kier alpha value is -2.54. The average Bonchev–Trinajstić information content (AvgIpc) is 3.17. The quantitative estimate of drug-likeness (QED) is 0.650. The molecule has 0 spiro atoms. The number of hydrogen-bond donors (Lipinski definition) is 1. The van der Waals surface area contributed by atoms with E-state index in [2.05, 4.69) is 10.3 Å². The topological polar surface area (TPSA) is 69.7 Å². The van der Waals surface area contributed by atoms with Gasteiger partial charge in [-0.2, -0.15) is 0 Å². The lowest BCUT2D eigenvalue weighted by Crippen LogP contribution is -2.26. The van der Waals surface area contributed by atoms with Crippen molar-refractivity contribution < 1.29 is 19.0 Å². The summed E-state index contributed by atoms with van der Waals surface area (Å²) in [6.45, 7) is 2.95. The minimum atomic E-state index is -0.162. The number of carbonyl (C=O) groups is 1. The molecule has 0 saturated heterocycles. The van der Waals surface area contributed by atoms with Gasteiger partial charge in [0.2, 0.25) is 12.7 Å². The Morgan fingerprint density at radius 3 is 3.13 bits per heavy atom. The lowest BCUT2D eigenvalue weighted by atomic mass is 10.3. The van der Waals surface area contributed by atoms with Crippen molar-refractivity contribution in [3.8, 4) is 17.2 Å². The molecule has 0 aliphatic carbocycles. The fourth-order valence-corrected chi connectivity index (χ4v) is 2.67. The van der Waals surface area contributed by atoms with Crippen LogP contribution in [0.2, 0.25) is 0 Å². The molecule has 1 amide bonds. The number of nitrogens with one attached hydrogen (secondary N) is 1. The van der Waals surface area contributed by atoms with E-state index >= 15 is 0 Å². The van der Waals surface area contributed by atoms with Gasteiger partial charge < -0.3 is 19.5 Å². The van der Waals surface area contributed by atoms with Gasteiger partial charge in [-0.05, 0) is 25.1 Å². The molecular weight excluding hydrogens is 316 g/mol. The maximum absolute atomic E-state index is 11.7. The van der Waals surface area contributed by atoms with Crippen LogP contribution in [-0.2, 0) is 4.79 Å². The third-order valence-corrected chi connectivity index (χ3v) is 3.93. The molecule has 23 heavy (non-hydrogen) atoms. The molecule has 120 valence electrons.